The predicted molar refractivity (Wildman–Crippen MR) is 47.0 cm³/mol. The van der Waals surface area contributed by atoms with Crippen LogP contribution in [0.4, 0.5) is 0 Å². The second-order valence-corrected chi connectivity index (χ2v) is 2.67. The minimum absolute atomic E-state index is 0.0899. The second kappa shape index (κ2) is 8.53. The van der Waals surface area contributed by atoms with Gasteiger partial charge in [0.1, 0.15) is 0 Å². The van der Waals surface area contributed by atoms with Crippen molar-refractivity contribution in [2.45, 2.75) is 32.6 Å². The molecule has 72 valence electrons. The fourth-order valence-corrected chi connectivity index (χ4v) is 0.783. The van der Waals surface area contributed by atoms with Gasteiger partial charge in [0.15, 0.2) is 0 Å². The largest absolute Gasteiger partial charge is 0.466 e. The van der Waals surface area contributed by atoms with Gasteiger partial charge in [-0.15, -0.1) is 0 Å². The zero-order chi connectivity index (χ0) is 9.23. The number of hydrogen-bond donors (Lipinski definition) is 0. The van der Waals surface area contributed by atoms with Gasteiger partial charge < -0.3 is 9.47 Å². The van der Waals surface area contributed by atoms with Crippen molar-refractivity contribution in [3.63, 3.8) is 0 Å². The van der Waals surface area contributed by atoms with Crippen LogP contribution in [0.1, 0.15) is 32.6 Å². The first-order valence-electron chi connectivity index (χ1n) is 4.45. The summed E-state index contributed by atoms with van der Waals surface area (Å²) < 4.78 is 9.74. The van der Waals surface area contributed by atoms with Crippen LogP contribution in [0.5, 0.6) is 0 Å². The first-order chi connectivity index (χ1) is 5.81. The van der Waals surface area contributed by atoms with Gasteiger partial charge in [0.05, 0.1) is 6.61 Å². The summed E-state index contributed by atoms with van der Waals surface area (Å²) in [5, 5.41) is 0. The fourth-order valence-electron chi connectivity index (χ4n) is 0.783. The van der Waals surface area contributed by atoms with Gasteiger partial charge in [-0.05, 0) is 6.42 Å². The Bertz CT molecular complexity index is 112. The number of hydrogen-bond acceptors (Lipinski definition) is 3. The highest BCUT2D eigenvalue weighted by atomic mass is 16.5. The maximum absolute atomic E-state index is 10.9. The van der Waals surface area contributed by atoms with Crippen LogP contribution in [0, 0.1) is 0 Å². The van der Waals surface area contributed by atoms with Crippen LogP contribution in [0.15, 0.2) is 0 Å². The molecule has 0 rings (SSSR count). The van der Waals surface area contributed by atoms with Crippen molar-refractivity contribution < 1.29 is 14.3 Å². The van der Waals surface area contributed by atoms with Crippen LogP contribution >= 0.6 is 0 Å². The maximum Gasteiger partial charge on any atom is 0.305 e. The molecule has 0 N–H and O–H groups in total. The molecular weight excluding hydrogens is 156 g/mol. The summed E-state index contributed by atoms with van der Waals surface area (Å²) in [4.78, 5) is 10.9. The minimum Gasteiger partial charge on any atom is -0.466 e. The van der Waals surface area contributed by atoms with Crippen molar-refractivity contribution >= 4 is 5.97 Å². The molecule has 0 aliphatic rings. The van der Waals surface area contributed by atoms with Crippen molar-refractivity contribution in [2.24, 2.45) is 0 Å². The minimum atomic E-state index is -0.0899. The molecule has 0 aliphatic carbocycles. The third kappa shape index (κ3) is 7.54. The number of ether oxygens (including phenoxy) is 2. The normalized spacial score (nSPS) is 9.83. The highest BCUT2D eigenvalue weighted by Gasteiger charge is 2.00. The van der Waals surface area contributed by atoms with E-state index >= 15 is 0 Å². The summed E-state index contributed by atoms with van der Waals surface area (Å²) in [6.07, 6.45) is 3.29. The number of rotatable bonds is 7. The molecule has 0 bridgehead atoms. The SMILES string of the molecule is CCCCC(=O)OCCCOC. The summed E-state index contributed by atoms with van der Waals surface area (Å²) >= 11 is 0. The van der Waals surface area contributed by atoms with Crippen LogP contribution in [-0.4, -0.2) is 26.3 Å². The molecule has 0 saturated heterocycles. The van der Waals surface area contributed by atoms with E-state index in [1.807, 2.05) is 0 Å². The topological polar surface area (TPSA) is 35.5 Å². The van der Waals surface area contributed by atoms with E-state index in [1.54, 1.807) is 7.11 Å². The van der Waals surface area contributed by atoms with Crippen molar-refractivity contribution in [3.05, 3.63) is 0 Å². The molecule has 0 aromatic rings. The molecule has 0 saturated carbocycles. The summed E-state index contributed by atoms with van der Waals surface area (Å²) in [7, 11) is 1.64. The van der Waals surface area contributed by atoms with Gasteiger partial charge in [-0.1, -0.05) is 13.3 Å². The van der Waals surface area contributed by atoms with E-state index in [9.17, 15) is 4.79 Å². The standard InChI is InChI=1S/C9H18O3/c1-3-4-6-9(10)12-8-5-7-11-2/h3-8H2,1-2H3. The smallest absolute Gasteiger partial charge is 0.305 e. The molecule has 0 fully saturated rings. The van der Waals surface area contributed by atoms with Crippen molar-refractivity contribution in [3.8, 4) is 0 Å². The van der Waals surface area contributed by atoms with Crippen LogP contribution in [0.2, 0.25) is 0 Å². The number of carbonyl (C=O) groups excluding carboxylic acids is 1. The van der Waals surface area contributed by atoms with E-state index in [-0.39, 0.29) is 5.97 Å². The Morgan fingerprint density at radius 2 is 2.00 bits per heavy atom. The van der Waals surface area contributed by atoms with Crippen LogP contribution in [-0.2, 0) is 14.3 Å². The first kappa shape index (κ1) is 11.4. The van der Waals surface area contributed by atoms with Gasteiger partial charge in [0, 0.05) is 26.6 Å². The Kier molecular flexibility index (Phi) is 8.12. The zero-order valence-corrected chi connectivity index (χ0v) is 7.97. The summed E-state index contributed by atoms with van der Waals surface area (Å²) in [5.41, 5.74) is 0. The molecule has 0 amide bonds. The molecule has 3 nitrogen and oxygen atoms in total. The molecule has 0 radical (unpaired) electrons. The Balaban J connectivity index is 3.08. The van der Waals surface area contributed by atoms with Crippen molar-refractivity contribution in [1.82, 2.24) is 0 Å². The van der Waals surface area contributed by atoms with Gasteiger partial charge in [-0.25, -0.2) is 0 Å². The highest BCUT2D eigenvalue weighted by Crippen LogP contribution is 1.96. The molecule has 0 unspecified atom stereocenters. The van der Waals surface area contributed by atoms with E-state index in [4.69, 9.17) is 9.47 Å². The molecule has 0 aromatic carbocycles. The molecule has 0 atom stereocenters. The second-order valence-electron chi connectivity index (χ2n) is 2.67. The average molecular weight is 174 g/mol. The first-order valence-corrected chi connectivity index (χ1v) is 4.45. The van der Waals surface area contributed by atoms with Gasteiger partial charge in [0.2, 0.25) is 0 Å². The summed E-state index contributed by atoms with van der Waals surface area (Å²) in [6, 6.07) is 0. The van der Waals surface area contributed by atoms with E-state index in [1.165, 1.54) is 0 Å². The lowest BCUT2D eigenvalue weighted by Gasteiger charge is -2.02. The Hall–Kier alpha value is -0.570. The van der Waals surface area contributed by atoms with Crippen LogP contribution in [0.3, 0.4) is 0 Å². The van der Waals surface area contributed by atoms with Gasteiger partial charge >= 0.3 is 5.97 Å². The number of esters is 1. The molecule has 0 heterocycles. The number of unbranched alkanes of at least 4 members (excludes halogenated alkanes) is 1. The number of carbonyl (C=O) groups is 1. The molecule has 12 heavy (non-hydrogen) atoms. The lowest BCUT2D eigenvalue weighted by atomic mass is 10.2. The fraction of sp³-hybridized carbons (Fsp3) is 0.889. The van der Waals surface area contributed by atoms with E-state index in [0.29, 0.717) is 19.6 Å². The monoisotopic (exact) mass is 174 g/mol. The van der Waals surface area contributed by atoms with E-state index in [0.717, 1.165) is 19.3 Å². The Morgan fingerprint density at radius 1 is 1.25 bits per heavy atom. The van der Waals surface area contributed by atoms with E-state index in [2.05, 4.69) is 6.92 Å². The molecule has 0 aliphatic heterocycles. The molecule has 0 aromatic heterocycles. The van der Waals surface area contributed by atoms with Crippen molar-refractivity contribution in [2.75, 3.05) is 20.3 Å². The van der Waals surface area contributed by atoms with E-state index < -0.39 is 0 Å². The van der Waals surface area contributed by atoms with Gasteiger partial charge in [-0.2, -0.15) is 0 Å². The molecular formula is C9H18O3. The Morgan fingerprint density at radius 3 is 2.58 bits per heavy atom. The number of methoxy groups -OCH3 is 1. The van der Waals surface area contributed by atoms with Gasteiger partial charge in [-0.3, -0.25) is 4.79 Å². The average Bonchev–Trinajstić information content (AvgIpc) is 2.09. The Labute approximate surface area is 74.0 Å². The summed E-state index contributed by atoms with van der Waals surface area (Å²) in [6.45, 7) is 3.19. The molecule has 0 spiro atoms. The van der Waals surface area contributed by atoms with Crippen LogP contribution in [0.25, 0.3) is 0 Å². The van der Waals surface area contributed by atoms with Crippen molar-refractivity contribution in [1.29, 1.82) is 0 Å². The third-order valence-electron chi connectivity index (χ3n) is 1.49. The molecule has 3 heteroatoms. The summed E-state index contributed by atoms with van der Waals surface area (Å²) in [5.74, 6) is -0.0899. The lowest BCUT2D eigenvalue weighted by Crippen LogP contribution is -2.06. The highest BCUT2D eigenvalue weighted by molar-refractivity contribution is 5.69. The zero-order valence-electron chi connectivity index (χ0n) is 7.97. The predicted octanol–water partition coefficient (Wildman–Crippen LogP) is 1.76. The van der Waals surface area contributed by atoms with Crippen LogP contribution < -0.4 is 0 Å². The lowest BCUT2D eigenvalue weighted by molar-refractivity contribution is -0.144. The maximum atomic E-state index is 10.9. The third-order valence-corrected chi connectivity index (χ3v) is 1.49. The quantitative estimate of drug-likeness (QED) is 0.436. The van der Waals surface area contributed by atoms with Gasteiger partial charge in [0.25, 0.3) is 0 Å².